The van der Waals surface area contributed by atoms with Gasteiger partial charge >= 0.3 is 0 Å². The summed E-state index contributed by atoms with van der Waals surface area (Å²) in [5.74, 6) is -0.272. The van der Waals surface area contributed by atoms with E-state index in [1.165, 1.54) is 7.11 Å². The number of likely N-dealkylation sites (tertiary alicyclic amines) is 1. The number of pyridine rings is 1. The van der Waals surface area contributed by atoms with Crippen LogP contribution in [0.3, 0.4) is 0 Å². The maximum atomic E-state index is 12.9. The van der Waals surface area contributed by atoms with Crippen molar-refractivity contribution in [1.82, 2.24) is 19.7 Å². The first-order valence-corrected chi connectivity index (χ1v) is 10.6. The lowest BCUT2D eigenvalue weighted by Gasteiger charge is -2.38. The third kappa shape index (κ3) is 4.63. The third-order valence-electron chi connectivity index (χ3n) is 5.88. The Hall–Kier alpha value is -3.30. The molecule has 2 aromatic heterocycles. The molecule has 9 heteroatoms. The lowest BCUT2D eigenvalue weighted by Crippen LogP contribution is -2.48. The number of nitrogens with one attached hydrogen (secondary N) is 1. The molecule has 1 saturated heterocycles. The molecule has 9 nitrogen and oxygen atoms in total. The Morgan fingerprint density at radius 2 is 2.00 bits per heavy atom. The summed E-state index contributed by atoms with van der Waals surface area (Å²) < 4.78 is 6.61. The second kappa shape index (κ2) is 9.05. The minimum absolute atomic E-state index is 0.0225. The van der Waals surface area contributed by atoms with E-state index >= 15 is 0 Å². The molecule has 2 N–H and O–H groups in total. The number of anilines is 1. The van der Waals surface area contributed by atoms with Crippen molar-refractivity contribution in [2.24, 2.45) is 0 Å². The molecule has 4 rings (SSSR count). The lowest BCUT2D eigenvalue weighted by atomic mass is 9.91. The maximum absolute atomic E-state index is 12.9. The minimum atomic E-state index is -0.974. The van der Waals surface area contributed by atoms with Crippen LogP contribution >= 0.6 is 0 Å². The molecule has 1 aliphatic heterocycles. The van der Waals surface area contributed by atoms with E-state index < -0.39 is 5.60 Å². The fourth-order valence-electron chi connectivity index (χ4n) is 4.05. The van der Waals surface area contributed by atoms with E-state index in [1.54, 1.807) is 34.2 Å². The Morgan fingerprint density at radius 3 is 2.72 bits per heavy atom. The van der Waals surface area contributed by atoms with Crippen LogP contribution < -0.4 is 5.32 Å². The van der Waals surface area contributed by atoms with Gasteiger partial charge in [0.25, 0.3) is 5.91 Å². The molecule has 168 valence electrons. The number of fused-ring (bicyclic) bond motifs is 1. The van der Waals surface area contributed by atoms with Gasteiger partial charge in [-0.05, 0) is 49.6 Å². The zero-order chi connectivity index (χ0) is 22.7. The van der Waals surface area contributed by atoms with Gasteiger partial charge < -0.3 is 20.1 Å². The number of aromatic nitrogens is 3. The molecule has 3 heterocycles. The van der Waals surface area contributed by atoms with Gasteiger partial charge in [-0.2, -0.15) is 5.10 Å². The number of ether oxygens (including phenoxy) is 1. The van der Waals surface area contributed by atoms with Crippen LogP contribution in [0, 0.1) is 6.92 Å². The summed E-state index contributed by atoms with van der Waals surface area (Å²) in [6.07, 6.45) is 5.95. The summed E-state index contributed by atoms with van der Waals surface area (Å²) in [7, 11) is 1.47. The summed E-state index contributed by atoms with van der Waals surface area (Å²) in [6.45, 7) is 3.09. The number of hydrogen-bond donors (Lipinski definition) is 2. The highest BCUT2D eigenvalue weighted by molar-refractivity contribution is 5.95. The van der Waals surface area contributed by atoms with Crippen molar-refractivity contribution in [3.8, 4) is 0 Å². The summed E-state index contributed by atoms with van der Waals surface area (Å²) in [4.78, 5) is 30.5. The molecular weight excluding hydrogens is 410 g/mol. The molecule has 2 amide bonds. The van der Waals surface area contributed by atoms with E-state index in [0.29, 0.717) is 43.7 Å². The van der Waals surface area contributed by atoms with E-state index in [-0.39, 0.29) is 18.4 Å². The Balaban J connectivity index is 1.45. The average Bonchev–Trinajstić information content (AvgIpc) is 3.16. The van der Waals surface area contributed by atoms with Crippen molar-refractivity contribution in [2.75, 3.05) is 32.1 Å². The highest BCUT2D eigenvalue weighted by Gasteiger charge is 2.35. The zero-order valence-electron chi connectivity index (χ0n) is 18.2. The van der Waals surface area contributed by atoms with Crippen LogP contribution in [-0.2, 0) is 16.1 Å². The van der Waals surface area contributed by atoms with Gasteiger partial charge in [0.05, 0.1) is 23.9 Å². The van der Waals surface area contributed by atoms with E-state index in [9.17, 15) is 14.7 Å². The number of aryl methyl sites for hydroxylation is 1. The number of hydrogen-bond acceptors (Lipinski definition) is 6. The molecule has 1 aliphatic rings. The largest absolute Gasteiger partial charge is 0.388 e. The van der Waals surface area contributed by atoms with Gasteiger partial charge in [0.2, 0.25) is 5.91 Å². The van der Waals surface area contributed by atoms with Gasteiger partial charge in [-0.1, -0.05) is 0 Å². The molecular formula is C23H27N5O4. The molecule has 1 fully saturated rings. The number of nitrogens with zero attached hydrogens (tertiary/aromatic N) is 4. The van der Waals surface area contributed by atoms with E-state index in [0.717, 1.165) is 16.5 Å². The molecule has 1 aromatic carbocycles. The van der Waals surface area contributed by atoms with Crippen LogP contribution in [0.5, 0.6) is 0 Å². The Bertz CT molecular complexity index is 1130. The predicted molar refractivity (Wildman–Crippen MR) is 119 cm³/mol. The van der Waals surface area contributed by atoms with E-state index in [2.05, 4.69) is 15.4 Å². The zero-order valence-corrected chi connectivity index (χ0v) is 18.2. The molecule has 3 aromatic rings. The molecule has 0 bridgehead atoms. The third-order valence-corrected chi connectivity index (χ3v) is 5.88. The highest BCUT2D eigenvalue weighted by atomic mass is 16.5. The van der Waals surface area contributed by atoms with Gasteiger partial charge in [0.1, 0.15) is 6.61 Å². The smallest absolute Gasteiger partial charge is 0.254 e. The van der Waals surface area contributed by atoms with Crippen LogP contribution in [0.4, 0.5) is 5.69 Å². The molecule has 0 unspecified atom stereocenters. The standard InChI is InChI=1S/C23H27N5O4/c1-16-12-24-8-5-19(16)22(30)27-9-6-23(31,7-10-27)15-28-20-11-18(26-21(29)14-32-2)4-3-17(20)13-25-28/h3-5,8,11-13,31H,6-7,9-10,14-15H2,1-2H3,(H,26,29). The highest BCUT2D eigenvalue weighted by Crippen LogP contribution is 2.28. The SMILES string of the molecule is COCC(=O)Nc1ccc2cnn(CC3(O)CCN(C(=O)c4ccncc4C)CC3)c2c1. The van der Waals surface area contributed by atoms with Gasteiger partial charge in [0.15, 0.2) is 0 Å². The van der Waals surface area contributed by atoms with E-state index in [1.807, 2.05) is 25.1 Å². The number of piperidine rings is 1. The number of amides is 2. The Morgan fingerprint density at radius 1 is 1.22 bits per heavy atom. The summed E-state index contributed by atoms with van der Waals surface area (Å²) in [6, 6.07) is 7.26. The van der Waals surface area contributed by atoms with Crippen molar-refractivity contribution < 1.29 is 19.4 Å². The molecule has 32 heavy (non-hydrogen) atoms. The fourth-order valence-corrected chi connectivity index (χ4v) is 4.05. The molecule has 0 spiro atoms. The Labute approximate surface area is 186 Å². The molecule has 0 aliphatic carbocycles. The Kier molecular flexibility index (Phi) is 6.20. The van der Waals surface area contributed by atoms with Gasteiger partial charge in [0, 0.05) is 49.2 Å². The number of methoxy groups -OCH3 is 1. The quantitative estimate of drug-likeness (QED) is 0.610. The summed E-state index contributed by atoms with van der Waals surface area (Å²) in [5.41, 5.74) is 1.97. The molecule has 0 atom stereocenters. The maximum Gasteiger partial charge on any atom is 0.254 e. The van der Waals surface area contributed by atoms with Gasteiger partial charge in [-0.25, -0.2) is 0 Å². The first-order valence-electron chi connectivity index (χ1n) is 10.6. The summed E-state index contributed by atoms with van der Waals surface area (Å²) >= 11 is 0. The van der Waals surface area contributed by atoms with Gasteiger partial charge in [-0.3, -0.25) is 19.3 Å². The number of carbonyl (C=O) groups excluding carboxylic acids is 2. The van der Waals surface area contributed by atoms with Crippen molar-refractivity contribution in [2.45, 2.75) is 31.9 Å². The lowest BCUT2D eigenvalue weighted by molar-refractivity contribution is -0.119. The average molecular weight is 438 g/mol. The van der Waals surface area contributed by atoms with Crippen molar-refractivity contribution >= 4 is 28.4 Å². The fraction of sp³-hybridized carbons (Fsp3) is 0.391. The first-order chi connectivity index (χ1) is 15.4. The second-order valence-electron chi connectivity index (χ2n) is 8.26. The number of carbonyl (C=O) groups is 2. The van der Waals surface area contributed by atoms with Gasteiger partial charge in [-0.15, -0.1) is 0 Å². The predicted octanol–water partition coefficient (Wildman–Crippen LogP) is 1.99. The number of rotatable bonds is 6. The van der Waals surface area contributed by atoms with Crippen LogP contribution in [0.2, 0.25) is 0 Å². The monoisotopic (exact) mass is 437 g/mol. The normalized spacial score (nSPS) is 15.7. The number of aliphatic hydroxyl groups is 1. The van der Waals surface area contributed by atoms with E-state index in [4.69, 9.17) is 4.74 Å². The number of benzene rings is 1. The van der Waals surface area contributed by atoms with Crippen LogP contribution in [0.1, 0.15) is 28.8 Å². The molecule has 0 saturated carbocycles. The van der Waals surface area contributed by atoms with Crippen molar-refractivity contribution in [3.63, 3.8) is 0 Å². The second-order valence-corrected chi connectivity index (χ2v) is 8.26. The first kappa shape index (κ1) is 21.9. The molecule has 0 radical (unpaired) electrons. The van der Waals surface area contributed by atoms with Crippen molar-refractivity contribution in [1.29, 1.82) is 0 Å². The van der Waals surface area contributed by atoms with Crippen molar-refractivity contribution in [3.05, 3.63) is 54.0 Å². The van der Waals surface area contributed by atoms with Crippen LogP contribution in [0.15, 0.2) is 42.9 Å². The minimum Gasteiger partial charge on any atom is -0.388 e. The summed E-state index contributed by atoms with van der Waals surface area (Å²) in [5, 5.41) is 19.4. The topological polar surface area (TPSA) is 110 Å². The van der Waals surface area contributed by atoms with Crippen LogP contribution in [0.25, 0.3) is 10.9 Å². The van der Waals surface area contributed by atoms with Crippen LogP contribution in [-0.4, -0.2) is 69.0 Å².